The molecule has 0 amide bonds. The Morgan fingerprint density at radius 1 is 1.34 bits per heavy atom. The maximum Gasteiger partial charge on any atom is 0.160 e. The van der Waals surface area contributed by atoms with Crippen molar-refractivity contribution >= 4 is 16.8 Å². The second-order valence-electron chi connectivity index (χ2n) is 9.32. The fourth-order valence-corrected chi connectivity index (χ4v) is 5.46. The third-order valence-corrected chi connectivity index (χ3v) is 7.25. The molecule has 1 N–H and O–H groups in total. The molecule has 3 aliphatic carbocycles. The fraction of sp³-hybridized carbons (Fsp3) is 0.478. The van der Waals surface area contributed by atoms with Gasteiger partial charge in [0, 0.05) is 46.8 Å². The highest BCUT2D eigenvalue weighted by molar-refractivity contribution is 6.00. The van der Waals surface area contributed by atoms with Crippen molar-refractivity contribution in [3.05, 3.63) is 35.9 Å². The zero-order valence-electron chi connectivity index (χ0n) is 16.6. The summed E-state index contributed by atoms with van der Waals surface area (Å²) in [6.07, 6.45) is 9.59. The van der Waals surface area contributed by atoms with Gasteiger partial charge in [0.1, 0.15) is 11.7 Å². The molecule has 6 nitrogen and oxygen atoms in total. The van der Waals surface area contributed by atoms with Crippen molar-refractivity contribution in [2.24, 2.45) is 17.8 Å². The molecule has 3 aromatic rings. The number of carbonyl (C=O) groups is 1. The van der Waals surface area contributed by atoms with Gasteiger partial charge in [-0.25, -0.2) is 4.98 Å². The lowest BCUT2D eigenvalue weighted by Crippen LogP contribution is -2.37. The average molecular weight is 385 g/mol. The maximum absolute atomic E-state index is 13.3. The number of hydrogen-bond acceptors (Lipinski definition) is 4. The minimum Gasteiger partial charge on any atom is -0.346 e. The Balaban J connectivity index is 1.46. The summed E-state index contributed by atoms with van der Waals surface area (Å²) in [5, 5.41) is 15.3. The van der Waals surface area contributed by atoms with E-state index in [1.54, 1.807) is 0 Å². The zero-order chi connectivity index (χ0) is 19.9. The van der Waals surface area contributed by atoms with Crippen molar-refractivity contribution in [2.75, 3.05) is 0 Å². The minimum absolute atomic E-state index is 0.00945. The van der Waals surface area contributed by atoms with Gasteiger partial charge in [0.25, 0.3) is 0 Å². The SMILES string of the molecule is CC(C)C(C(=O)C1CC(C#N)C1)n1cc2c(n1)C1(CC1)c1c[nH]c3nccc-2c13. The number of aromatic nitrogens is 4. The molecule has 29 heavy (non-hydrogen) atoms. The Morgan fingerprint density at radius 2 is 2.14 bits per heavy atom. The zero-order valence-corrected chi connectivity index (χ0v) is 16.6. The smallest absolute Gasteiger partial charge is 0.160 e. The summed E-state index contributed by atoms with van der Waals surface area (Å²) in [6.45, 7) is 4.18. The summed E-state index contributed by atoms with van der Waals surface area (Å²) >= 11 is 0. The molecule has 2 saturated carbocycles. The van der Waals surface area contributed by atoms with Crippen LogP contribution in [0.25, 0.3) is 22.2 Å². The monoisotopic (exact) mass is 385 g/mol. The van der Waals surface area contributed by atoms with Crippen molar-refractivity contribution in [2.45, 2.75) is 51.0 Å². The Bertz CT molecular complexity index is 1200. The normalized spacial score (nSPS) is 24.2. The van der Waals surface area contributed by atoms with Gasteiger partial charge in [-0.05, 0) is 48.8 Å². The van der Waals surface area contributed by atoms with E-state index in [0.717, 1.165) is 35.3 Å². The van der Waals surface area contributed by atoms with E-state index in [1.807, 2.05) is 10.9 Å². The molecule has 0 bridgehead atoms. The summed E-state index contributed by atoms with van der Waals surface area (Å²) in [5.41, 5.74) is 5.62. The van der Waals surface area contributed by atoms with E-state index in [0.29, 0.717) is 12.8 Å². The minimum atomic E-state index is -0.278. The Labute approximate surface area is 168 Å². The number of hydrogen-bond donors (Lipinski definition) is 1. The van der Waals surface area contributed by atoms with Crippen molar-refractivity contribution in [1.82, 2.24) is 19.7 Å². The van der Waals surface area contributed by atoms with Crippen LogP contribution in [-0.2, 0) is 10.2 Å². The first-order chi connectivity index (χ1) is 14.0. The number of nitriles is 1. The molecule has 1 unspecified atom stereocenters. The van der Waals surface area contributed by atoms with E-state index in [9.17, 15) is 4.79 Å². The van der Waals surface area contributed by atoms with E-state index >= 15 is 0 Å². The number of nitrogens with zero attached hydrogens (tertiary/aromatic N) is 4. The van der Waals surface area contributed by atoms with Gasteiger partial charge >= 0.3 is 0 Å². The molecule has 0 aliphatic heterocycles. The van der Waals surface area contributed by atoms with Gasteiger partial charge in [-0.15, -0.1) is 0 Å². The van der Waals surface area contributed by atoms with Crippen LogP contribution in [0.1, 0.15) is 56.8 Å². The van der Waals surface area contributed by atoms with E-state index in [1.165, 1.54) is 10.9 Å². The first-order valence-electron chi connectivity index (χ1n) is 10.5. The van der Waals surface area contributed by atoms with Gasteiger partial charge in [-0.1, -0.05) is 13.8 Å². The van der Waals surface area contributed by atoms with E-state index in [2.05, 4.69) is 48.3 Å². The Morgan fingerprint density at radius 3 is 2.83 bits per heavy atom. The molecular formula is C23H23N5O. The highest BCUT2D eigenvalue weighted by atomic mass is 16.1. The average Bonchev–Trinajstić information content (AvgIpc) is 3.12. The molecular weight excluding hydrogens is 362 g/mol. The summed E-state index contributed by atoms with van der Waals surface area (Å²) in [6, 6.07) is 4.07. The van der Waals surface area contributed by atoms with Gasteiger partial charge in [-0.2, -0.15) is 10.4 Å². The third kappa shape index (κ3) is 2.13. The molecule has 2 fully saturated rings. The van der Waals surface area contributed by atoms with Crippen LogP contribution < -0.4 is 0 Å². The molecule has 3 aliphatic rings. The van der Waals surface area contributed by atoms with Crippen molar-refractivity contribution in [3.63, 3.8) is 0 Å². The number of aromatic amines is 1. The molecule has 146 valence electrons. The maximum atomic E-state index is 13.3. The van der Waals surface area contributed by atoms with Crippen LogP contribution in [0.3, 0.4) is 0 Å². The van der Waals surface area contributed by atoms with Crippen LogP contribution >= 0.6 is 0 Å². The summed E-state index contributed by atoms with van der Waals surface area (Å²) in [7, 11) is 0. The van der Waals surface area contributed by atoms with Crippen LogP contribution in [-0.4, -0.2) is 25.5 Å². The van der Waals surface area contributed by atoms with Crippen molar-refractivity contribution in [1.29, 1.82) is 5.26 Å². The predicted molar refractivity (Wildman–Crippen MR) is 108 cm³/mol. The Hall–Kier alpha value is -2.94. The molecule has 0 saturated heterocycles. The Kier molecular flexibility index (Phi) is 3.25. The van der Waals surface area contributed by atoms with Gasteiger partial charge in [0.05, 0.1) is 11.8 Å². The van der Waals surface area contributed by atoms with Gasteiger partial charge in [-0.3, -0.25) is 9.48 Å². The number of ketones is 1. The molecule has 0 aromatic carbocycles. The number of Topliss-reactive ketones (excluding diaryl/α,β-unsaturated/α-hetero) is 1. The predicted octanol–water partition coefficient (Wildman–Crippen LogP) is 4.14. The largest absolute Gasteiger partial charge is 0.346 e. The first-order valence-corrected chi connectivity index (χ1v) is 10.5. The van der Waals surface area contributed by atoms with Crippen LogP contribution in [0.2, 0.25) is 0 Å². The van der Waals surface area contributed by atoms with E-state index < -0.39 is 0 Å². The second-order valence-corrected chi connectivity index (χ2v) is 9.32. The lowest BCUT2D eigenvalue weighted by molar-refractivity contribution is -0.131. The molecule has 3 heterocycles. The van der Waals surface area contributed by atoms with Crippen LogP contribution in [0.4, 0.5) is 0 Å². The number of fused-ring (bicyclic) bond motifs is 4. The van der Waals surface area contributed by atoms with E-state index in [-0.39, 0.29) is 35.0 Å². The molecule has 3 aromatic heterocycles. The molecule has 1 spiro atoms. The first kappa shape index (κ1) is 17.0. The molecule has 1 atom stereocenters. The van der Waals surface area contributed by atoms with Gasteiger partial charge in [0.15, 0.2) is 5.78 Å². The second kappa shape index (κ2) is 5.56. The lowest BCUT2D eigenvalue weighted by Gasteiger charge is -2.33. The van der Waals surface area contributed by atoms with Crippen LogP contribution in [0.5, 0.6) is 0 Å². The van der Waals surface area contributed by atoms with Crippen molar-refractivity contribution in [3.8, 4) is 17.2 Å². The van der Waals surface area contributed by atoms with E-state index in [4.69, 9.17) is 10.4 Å². The van der Waals surface area contributed by atoms with Crippen molar-refractivity contribution < 1.29 is 4.79 Å². The highest BCUT2D eigenvalue weighted by Gasteiger charge is 2.54. The number of nitrogens with one attached hydrogen (secondary N) is 1. The number of H-pyrrole nitrogens is 1. The van der Waals surface area contributed by atoms with Crippen LogP contribution in [0, 0.1) is 29.1 Å². The molecule has 6 heteroatoms. The summed E-state index contributed by atoms with van der Waals surface area (Å²) < 4.78 is 1.93. The van der Waals surface area contributed by atoms with Gasteiger partial charge < -0.3 is 4.98 Å². The quantitative estimate of drug-likeness (QED) is 0.731. The molecule has 0 radical (unpaired) electrons. The van der Waals surface area contributed by atoms with Crippen LogP contribution in [0.15, 0.2) is 24.7 Å². The summed E-state index contributed by atoms with van der Waals surface area (Å²) in [4.78, 5) is 21.1. The lowest BCUT2D eigenvalue weighted by atomic mass is 9.71. The fourth-order valence-electron chi connectivity index (χ4n) is 5.46. The number of carbonyl (C=O) groups excluding carboxylic acids is 1. The van der Waals surface area contributed by atoms with Gasteiger partial charge in [0.2, 0.25) is 0 Å². The highest BCUT2D eigenvalue weighted by Crippen LogP contribution is 2.60. The topological polar surface area (TPSA) is 87.4 Å². The standard InChI is InChI=1S/C23H23N5O/c1-12(2)19(20(29)14-7-13(8-14)9-24)28-11-16-15-3-6-25-22-18(15)17(10-26-22)23(4-5-23)21(16)27-28/h3,6,10-14,19H,4-5,7-8H2,1-2H3,(H,25,26). The molecule has 6 rings (SSSR count). The number of rotatable bonds is 4. The summed E-state index contributed by atoms with van der Waals surface area (Å²) in [5.74, 6) is 0.409. The third-order valence-electron chi connectivity index (χ3n) is 7.25. The number of pyridine rings is 1.